The maximum absolute atomic E-state index is 12.4. The van der Waals surface area contributed by atoms with E-state index in [1.54, 1.807) is 0 Å². The number of aromatic nitrogens is 1. The Bertz CT molecular complexity index is 676. The molecule has 1 aromatic heterocycles. The molecule has 2 N–H and O–H groups in total. The lowest BCUT2D eigenvalue weighted by atomic mass is 10.0. The van der Waals surface area contributed by atoms with Gasteiger partial charge in [-0.05, 0) is 50.3 Å². The third-order valence-corrected chi connectivity index (χ3v) is 5.10. The van der Waals surface area contributed by atoms with Gasteiger partial charge >= 0.3 is 5.97 Å². The monoisotopic (exact) mass is 310 g/mol. The van der Waals surface area contributed by atoms with Gasteiger partial charge in [0.15, 0.2) is 0 Å². The maximum atomic E-state index is 12.4. The molecule has 1 aromatic rings. The largest absolute Gasteiger partial charge is 0.478 e. The zero-order valence-electron chi connectivity index (χ0n) is 11.9. The summed E-state index contributed by atoms with van der Waals surface area (Å²) in [6, 6.07) is 1.40. The number of rotatable bonds is 6. The van der Waals surface area contributed by atoms with Gasteiger partial charge in [0.1, 0.15) is 4.90 Å². The van der Waals surface area contributed by atoms with E-state index in [2.05, 4.69) is 9.71 Å². The number of sulfonamides is 1. The Kier molecular flexibility index (Phi) is 4.15. The van der Waals surface area contributed by atoms with Crippen molar-refractivity contribution in [3.05, 3.63) is 30.1 Å². The van der Waals surface area contributed by atoms with Gasteiger partial charge in [-0.25, -0.2) is 17.9 Å². The summed E-state index contributed by atoms with van der Waals surface area (Å²) in [5, 5.41) is 8.59. The zero-order valence-corrected chi connectivity index (χ0v) is 12.7. The minimum absolute atomic E-state index is 0.0313. The third kappa shape index (κ3) is 4.12. The van der Waals surface area contributed by atoms with Crippen molar-refractivity contribution in [2.45, 2.75) is 37.1 Å². The minimum atomic E-state index is -3.68. The molecule has 1 aliphatic rings. The maximum Gasteiger partial charge on any atom is 0.328 e. The normalized spacial score (nSPS) is 16.3. The zero-order chi connectivity index (χ0) is 15.7. The Morgan fingerprint density at radius 3 is 2.67 bits per heavy atom. The van der Waals surface area contributed by atoms with Crippen LogP contribution >= 0.6 is 0 Å². The molecule has 6 nitrogen and oxygen atoms in total. The Morgan fingerprint density at radius 2 is 2.10 bits per heavy atom. The Morgan fingerprint density at radius 1 is 1.43 bits per heavy atom. The Balaban J connectivity index is 2.23. The topological polar surface area (TPSA) is 96.4 Å². The molecule has 0 aliphatic heterocycles. The van der Waals surface area contributed by atoms with Gasteiger partial charge < -0.3 is 5.11 Å². The highest BCUT2D eigenvalue weighted by Crippen LogP contribution is 2.39. The number of aliphatic carboxylic acids is 1. The van der Waals surface area contributed by atoms with Crippen molar-refractivity contribution >= 4 is 22.1 Å². The molecule has 0 spiro atoms. The molecule has 0 radical (unpaired) electrons. The number of carboxylic acid groups (broad SMARTS) is 1. The first kappa shape index (κ1) is 15.7. The van der Waals surface area contributed by atoms with Gasteiger partial charge in [-0.3, -0.25) is 4.98 Å². The summed E-state index contributed by atoms with van der Waals surface area (Å²) >= 11 is 0. The molecule has 0 amide bonds. The molecule has 7 heteroatoms. The molecule has 114 valence electrons. The minimum Gasteiger partial charge on any atom is -0.478 e. The number of pyridine rings is 1. The average molecular weight is 310 g/mol. The van der Waals surface area contributed by atoms with E-state index >= 15 is 0 Å². The summed E-state index contributed by atoms with van der Waals surface area (Å²) in [4.78, 5) is 14.4. The summed E-state index contributed by atoms with van der Waals surface area (Å²) in [6.45, 7) is 3.73. The summed E-state index contributed by atoms with van der Waals surface area (Å²) in [5.74, 6) is -0.744. The summed E-state index contributed by atoms with van der Waals surface area (Å²) < 4.78 is 27.5. The number of nitrogens with zero attached hydrogens (tertiary/aromatic N) is 1. The molecule has 2 rings (SSSR count). The average Bonchev–Trinajstić information content (AvgIpc) is 3.20. The molecule has 0 bridgehead atoms. The van der Waals surface area contributed by atoms with Crippen LogP contribution in [0.1, 0.15) is 32.3 Å². The van der Waals surface area contributed by atoms with Crippen molar-refractivity contribution in [3.63, 3.8) is 0 Å². The lowest BCUT2D eigenvalue weighted by molar-refractivity contribution is -0.131. The molecule has 1 heterocycles. The SMILES string of the molecule is CC(C)(NS(=O)(=O)c1cncc(/C=C/C(=O)O)c1)C1CC1. The van der Waals surface area contributed by atoms with E-state index in [0.717, 1.165) is 18.9 Å². The highest BCUT2D eigenvalue weighted by atomic mass is 32.2. The molecule has 0 atom stereocenters. The van der Waals surface area contributed by atoms with Crippen molar-refractivity contribution in [1.82, 2.24) is 9.71 Å². The van der Waals surface area contributed by atoms with Gasteiger partial charge in [0.25, 0.3) is 0 Å². The molecule has 1 aliphatic carbocycles. The van der Waals surface area contributed by atoms with E-state index in [-0.39, 0.29) is 4.90 Å². The smallest absolute Gasteiger partial charge is 0.328 e. The number of carbonyl (C=O) groups is 1. The van der Waals surface area contributed by atoms with Crippen LogP contribution in [0.2, 0.25) is 0 Å². The summed E-state index contributed by atoms with van der Waals surface area (Å²) in [7, 11) is -3.68. The third-order valence-electron chi connectivity index (χ3n) is 3.46. The first-order chi connectivity index (χ1) is 9.71. The molecule has 0 unspecified atom stereocenters. The summed E-state index contributed by atoms with van der Waals surface area (Å²) in [6.07, 6.45) is 6.95. The molecular weight excluding hydrogens is 292 g/mol. The highest BCUT2D eigenvalue weighted by Gasteiger charge is 2.40. The number of carboxylic acids is 1. The van der Waals surface area contributed by atoms with Crippen LogP contribution in [-0.4, -0.2) is 30.0 Å². The highest BCUT2D eigenvalue weighted by molar-refractivity contribution is 7.89. The number of hydrogen-bond donors (Lipinski definition) is 2. The van der Waals surface area contributed by atoms with Gasteiger partial charge in [-0.15, -0.1) is 0 Å². The number of hydrogen-bond acceptors (Lipinski definition) is 4. The molecule has 21 heavy (non-hydrogen) atoms. The van der Waals surface area contributed by atoms with Gasteiger partial charge in [0, 0.05) is 24.0 Å². The van der Waals surface area contributed by atoms with Crippen molar-refractivity contribution in [3.8, 4) is 0 Å². The molecular formula is C14H18N2O4S. The fourth-order valence-corrected chi connectivity index (χ4v) is 3.60. The molecule has 1 saturated carbocycles. The van der Waals surface area contributed by atoms with Crippen molar-refractivity contribution in [2.24, 2.45) is 5.92 Å². The van der Waals surface area contributed by atoms with Crippen LogP contribution in [0.25, 0.3) is 6.08 Å². The summed E-state index contributed by atoms with van der Waals surface area (Å²) in [5.41, 5.74) is -0.0735. The van der Waals surface area contributed by atoms with Crippen LogP contribution in [0, 0.1) is 5.92 Å². The molecule has 0 aromatic carbocycles. The Hall–Kier alpha value is -1.73. The van der Waals surface area contributed by atoms with Crippen molar-refractivity contribution < 1.29 is 18.3 Å². The predicted molar refractivity (Wildman–Crippen MR) is 78.0 cm³/mol. The first-order valence-electron chi connectivity index (χ1n) is 6.61. The van der Waals surface area contributed by atoms with Crippen molar-refractivity contribution in [2.75, 3.05) is 0 Å². The first-order valence-corrected chi connectivity index (χ1v) is 8.09. The van der Waals surface area contributed by atoms with Crippen LogP contribution in [0.4, 0.5) is 0 Å². The van der Waals surface area contributed by atoms with Crippen LogP contribution < -0.4 is 4.72 Å². The van der Waals surface area contributed by atoms with Crippen LogP contribution in [0.5, 0.6) is 0 Å². The second kappa shape index (κ2) is 5.57. The second-order valence-corrected chi connectivity index (χ2v) is 7.41. The van der Waals surface area contributed by atoms with E-state index in [9.17, 15) is 13.2 Å². The molecule has 0 saturated heterocycles. The fourth-order valence-electron chi connectivity index (χ4n) is 2.13. The second-order valence-electron chi connectivity index (χ2n) is 5.73. The van der Waals surface area contributed by atoms with Gasteiger partial charge in [0.2, 0.25) is 10.0 Å². The standard InChI is InChI=1S/C14H18N2O4S/c1-14(2,11-4-5-11)16-21(19,20)12-7-10(8-15-9-12)3-6-13(17)18/h3,6-9,11,16H,4-5H2,1-2H3,(H,17,18)/b6-3+. The van der Waals surface area contributed by atoms with Gasteiger partial charge in [-0.1, -0.05) is 0 Å². The number of nitrogens with one attached hydrogen (secondary N) is 1. The predicted octanol–water partition coefficient (Wildman–Crippen LogP) is 1.65. The van der Waals surface area contributed by atoms with Gasteiger partial charge in [0.05, 0.1) is 0 Å². The van der Waals surface area contributed by atoms with Gasteiger partial charge in [-0.2, -0.15) is 0 Å². The van der Waals surface area contributed by atoms with E-state index < -0.39 is 21.5 Å². The molecule has 1 fully saturated rings. The van der Waals surface area contributed by atoms with E-state index in [0.29, 0.717) is 11.5 Å². The van der Waals surface area contributed by atoms with E-state index in [1.165, 1.54) is 24.5 Å². The van der Waals surface area contributed by atoms with Crippen LogP contribution in [0.3, 0.4) is 0 Å². The van der Waals surface area contributed by atoms with E-state index in [4.69, 9.17) is 5.11 Å². The lowest BCUT2D eigenvalue weighted by Gasteiger charge is -2.25. The van der Waals surface area contributed by atoms with Crippen LogP contribution in [0.15, 0.2) is 29.4 Å². The quantitative estimate of drug-likeness (QED) is 0.779. The van der Waals surface area contributed by atoms with E-state index in [1.807, 2.05) is 13.8 Å². The van der Waals surface area contributed by atoms with Crippen LogP contribution in [-0.2, 0) is 14.8 Å². The lowest BCUT2D eigenvalue weighted by Crippen LogP contribution is -2.45. The fraction of sp³-hybridized carbons (Fsp3) is 0.429. The Labute approximate surface area is 124 Å². The van der Waals surface area contributed by atoms with Crippen molar-refractivity contribution in [1.29, 1.82) is 0 Å².